The average molecular weight is 375 g/mol. The number of unbranched alkanes of at least 4 members (excludes halogenated alkanes) is 3. The van der Waals surface area contributed by atoms with Crippen molar-refractivity contribution in [2.45, 2.75) is 50.2 Å². The Morgan fingerprint density at radius 2 is 1.69 bits per heavy atom. The Hall–Kier alpha value is -1.88. The molecule has 4 N–H and O–H groups in total. The SMILES string of the molecule is O=C1C=CC(=O)N1CCCCCCON=CC([18F])C(O)C(O)C(O)CO. The van der Waals surface area contributed by atoms with Crippen molar-refractivity contribution in [3.63, 3.8) is 0 Å². The van der Waals surface area contributed by atoms with Gasteiger partial charge in [0.05, 0.1) is 12.8 Å². The molecule has 0 radical (unpaired) electrons. The first kappa shape index (κ1) is 22.2. The quantitative estimate of drug-likeness (QED) is 0.138. The minimum Gasteiger partial charge on any atom is -0.396 e. The van der Waals surface area contributed by atoms with Gasteiger partial charge in [0.15, 0.2) is 6.17 Å². The van der Waals surface area contributed by atoms with Gasteiger partial charge in [-0.05, 0) is 19.3 Å². The van der Waals surface area contributed by atoms with Crippen LogP contribution in [-0.4, -0.2) is 87.6 Å². The van der Waals surface area contributed by atoms with Crippen molar-refractivity contribution in [1.29, 1.82) is 0 Å². The first-order valence-corrected chi connectivity index (χ1v) is 8.36. The summed E-state index contributed by atoms with van der Waals surface area (Å²) in [4.78, 5) is 28.6. The molecule has 148 valence electrons. The molecule has 26 heavy (non-hydrogen) atoms. The number of aliphatic hydroxyl groups excluding tert-OH is 4. The van der Waals surface area contributed by atoms with Gasteiger partial charge in [-0.3, -0.25) is 14.5 Å². The summed E-state index contributed by atoms with van der Waals surface area (Å²) in [6.07, 6.45) is -1.50. The van der Waals surface area contributed by atoms with Crippen molar-refractivity contribution in [2.75, 3.05) is 19.8 Å². The highest BCUT2D eigenvalue weighted by atomic mass is 18.2. The highest BCUT2D eigenvalue weighted by Gasteiger charge is 2.30. The topological polar surface area (TPSA) is 140 Å². The van der Waals surface area contributed by atoms with Crippen LogP contribution in [0.15, 0.2) is 17.3 Å². The lowest BCUT2D eigenvalue weighted by molar-refractivity contribution is -0.136. The van der Waals surface area contributed by atoms with Crippen LogP contribution in [0, 0.1) is 0 Å². The number of hydrogen-bond donors (Lipinski definition) is 4. The third kappa shape index (κ3) is 7.16. The molecule has 4 unspecified atom stereocenters. The number of nitrogens with zero attached hydrogens (tertiary/aromatic N) is 2. The van der Waals surface area contributed by atoms with Crippen LogP contribution in [-0.2, 0) is 14.4 Å². The molecule has 0 aromatic heterocycles. The van der Waals surface area contributed by atoms with Crippen LogP contribution in [0.3, 0.4) is 0 Å². The fourth-order valence-corrected chi connectivity index (χ4v) is 2.21. The molecule has 10 heteroatoms. The molecule has 1 aliphatic rings. The summed E-state index contributed by atoms with van der Waals surface area (Å²) in [5, 5.41) is 39.8. The van der Waals surface area contributed by atoms with E-state index in [4.69, 9.17) is 15.1 Å². The third-order valence-electron chi connectivity index (χ3n) is 3.80. The second-order valence-electron chi connectivity index (χ2n) is 5.84. The van der Waals surface area contributed by atoms with E-state index in [1.54, 1.807) is 0 Å². The molecule has 0 aromatic rings. The van der Waals surface area contributed by atoms with Gasteiger partial charge in [-0.15, -0.1) is 0 Å². The highest BCUT2D eigenvalue weighted by molar-refractivity contribution is 6.12. The van der Waals surface area contributed by atoms with E-state index in [2.05, 4.69) is 5.16 Å². The zero-order valence-electron chi connectivity index (χ0n) is 14.3. The maximum absolute atomic E-state index is 13.5. The zero-order valence-corrected chi connectivity index (χ0v) is 14.3. The lowest BCUT2D eigenvalue weighted by Gasteiger charge is -2.22. The molecular formula is C16H25FN2O7. The Morgan fingerprint density at radius 3 is 2.31 bits per heavy atom. The van der Waals surface area contributed by atoms with E-state index in [1.807, 2.05) is 0 Å². The Bertz CT molecular complexity index is 497. The van der Waals surface area contributed by atoms with Gasteiger partial charge in [-0.1, -0.05) is 11.6 Å². The van der Waals surface area contributed by atoms with Gasteiger partial charge in [-0.25, -0.2) is 4.39 Å². The summed E-state index contributed by atoms with van der Waals surface area (Å²) >= 11 is 0. The number of hydrogen-bond acceptors (Lipinski definition) is 8. The first-order chi connectivity index (χ1) is 12.4. The minimum absolute atomic E-state index is 0.213. The normalized spacial score (nSPS) is 19.2. The van der Waals surface area contributed by atoms with E-state index in [0.717, 1.165) is 12.8 Å². The van der Waals surface area contributed by atoms with Gasteiger partial charge >= 0.3 is 0 Å². The van der Waals surface area contributed by atoms with Crippen LogP contribution in [0.1, 0.15) is 25.7 Å². The largest absolute Gasteiger partial charge is 0.396 e. The molecule has 1 rings (SSSR count). The lowest BCUT2D eigenvalue weighted by atomic mass is 10.1. The molecule has 1 heterocycles. The number of alkyl halides is 1. The summed E-state index contributed by atoms with van der Waals surface area (Å²) < 4.78 is 13.5. The molecule has 4 atom stereocenters. The van der Waals surface area contributed by atoms with E-state index in [9.17, 15) is 24.2 Å². The molecule has 2 amide bonds. The van der Waals surface area contributed by atoms with Crippen LogP contribution in [0.5, 0.6) is 0 Å². The number of aliphatic hydroxyl groups is 4. The molecule has 0 bridgehead atoms. The van der Waals surface area contributed by atoms with Gasteiger partial charge in [0.1, 0.15) is 24.9 Å². The molecular weight excluding hydrogens is 350 g/mol. The fraction of sp³-hybridized carbons (Fsp3) is 0.688. The first-order valence-electron chi connectivity index (χ1n) is 8.36. The molecule has 0 fully saturated rings. The molecule has 1 aliphatic heterocycles. The van der Waals surface area contributed by atoms with Gasteiger partial charge in [0, 0.05) is 18.7 Å². The minimum atomic E-state index is -2.06. The maximum Gasteiger partial charge on any atom is 0.253 e. The van der Waals surface area contributed by atoms with Crippen molar-refractivity contribution in [3.05, 3.63) is 12.2 Å². The number of imide groups is 1. The van der Waals surface area contributed by atoms with E-state index in [1.165, 1.54) is 17.1 Å². The number of carbonyl (C=O) groups excluding carboxylic acids is 2. The summed E-state index contributed by atoms with van der Waals surface area (Å²) in [6.45, 7) is -0.230. The van der Waals surface area contributed by atoms with Gasteiger partial charge in [0.25, 0.3) is 11.8 Å². The van der Waals surface area contributed by atoms with Crippen molar-refractivity contribution < 1.29 is 39.2 Å². The molecule has 0 aliphatic carbocycles. The Balaban J connectivity index is 2.06. The number of oxime groups is 1. The van der Waals surface area contributed by atoms with E-state index in [-0.39, 0.29) is 18.4 Å². The van der Waals surface area contributed by atoms with Crippen molar-refractivity contribution >= 4 is 18.0 Å². The molecule has 0 aromatic carbocycles. The number of rotatable bonds is 13. The van der Waals surface area contributed by atoms with Crippen LogP contribution in [0.4, 0.5) is 4.39 Å². The van der Waals surface area contributed by atoms with E-state index in [0.29, 0.717) is 25.6 Å². The van der Waals surface area contributed by atoms with Gasteiger partial charge in [0.2, 0.25) is 0 Å². The van der Waals surface area contributed by atoms with Crippen molar-refractivity contribution in [1.82, 2.24) is 4.90 Å². The summed E-state index contributed by atoms with van der Waals surface area (Å²) in [5.74, 6) is -0.598. The Kier molecular flexibility index (Phi) is 9.96. The summed E-state index contributed by atoms with van der Waals surface area (Å²) in [5.41, 5.74) is 0. The van der Waals surface area contributed by atoms with Crippen molar-refractivity contribution in [3.8, 4) is 0 Å². The smallest absolute Gasteiger partial charge is 0.253 e. The van der Waals surface area contributed by atoms with Crippen LogP contribution < -0.4 is 0 Å². The monoisotopic (exact) mass is 375 g/mol. The highest BCUT2D eigenvalue weighted by Crippen LogP contribution is 2.08. The molecule has 9 nitrogen and oxygen atoms in total. The number of amides is 2. The molecule has 0 spiro atoms. The van der Waals surface area contributed by atoms with E-state index < -0.39 is 31.1 Å². The maximum atomic E-state index is 13.5. The molecule has 0 saturated carbocycles. The van der Waals surface area contributed by atoms with Crippen LogP contribution in [0.2, 0.25) is 0 Å². The predicted molar refractivity (Wildman–Crippen MR) is 88.8 cm³/mol. The second-order valence-corrected chi connectivity index (χ2v) is 5.84. The van der Waals surface area contributed by atoms with Crippen LogP contribution >= 0.6 is 0 Å². The third-order valence-corrected chi connectivity index (χ3v) is 3.80. The fourth-order valence-electron chi connectivity index (χ4n) is 2.21. The number of carbonyl (C=O) groups is 2. The Morgan fingerprint density at radius 1 is 1.08 bits per heavy atom. The zero-order chi connectivity index (χ0) is 19.5. The Labute approximate surface area is 150 Å². The van der Waals surface area contributed by atoms with Crippen molar-refractivity contribution in [2.24, 2.45) is 5.16 Å². The second kappa shape index (κ2) is 11.7. The summed E-state index contributed by atoms with van der Waals surface area (Å²) in [6, 6.07) is 0. The molecule has 0 saturated heterocycles. The average Bonchev–Trinajstić information content (AvgIpc) is 2.96. The van der Waals surface area contributed by atoms with Crippen LogP contribution in [0.25, 0.3) is 0 Å². The number of halogens is 1. The van der Waals surface area contributed by atoms with Gasteiger partial charge in [-0.2, -0.15) is 0 Å². The lowest BCUT2D eigenvalue weighted by Crippen LogP contribution is -2.44. The predicted octanol–water partition coefficient (Wildman–Crippen LogP) is -1.11. The van der Waals surface area contributed by atoms with E-state index >= 15 is 0 Å². The standard InChI is InChI=1S/C16H25FN2O7/c17-11(15(24)16(25)12(21)10-20)9-18-26-8-4-2-1-3-7-19-13(22)5-6-14(19)23/h5-6,9,11-12,15-16,20-21,24-25H,1-4,7-8,10H2/i17-1. The van der Waals surface area contributed by atoms with Gasteiger partial charge < -0.3 is 25.3 Å². The summed E-state index contributed by atoms with van der Waals surface area (Å²) in [7, 11) is 0.